The lowest BCUT2D eigenvalue weighted by atomic mass is 10.2. The number of anilines is 1. The molecule has 1 heterocycles. The molecule has 0 aliphatic rings. The number of nitrogens with zero attached hydrogens (tertiary/aromatic N) is 1. The molecule has 1 aromatic heterocycles. The molecule has 0 spiro atoms. The van der Waals surface area contributed by atoms with E-state index in [2.05, 4.69) is 32.9 Å². The predicted octanol–water partition coefficient (Wildman–Crippen LogP) is 3.62. The van der Waals surface area contributed by atoms with Crippen LogP contribution in [0, 0.1) is 3.57 Å². The molecule has 3 rings (SSSR count). The molecule has 0 saturated carbocycles. The third kappa shape index (κ3) is 3.56. The first-order valence-corrected chi connectivity index (χ1v) is 8.22. The summed E-state index contributed by atoms with van der Waals surface area (Å²) >= 11 is 2.18. The molecule has 6 nitrogen and oxygen atoms in total. The van der Waals surface area contributed by atoms with Crippen LogP contribution in [0.5, 0.6) is 0 Å². The van der Waals surface area contributed by atoms with Crippen LogP contribution in [0.3, 0.4) is 0 Å². The molecule has 7 heteroatoms. The smallest absolute Gasteiger partial charge is 0.341 e. The van der Waals surface area contributed by atoms with E-state index in [1.807, 2.05) is 12.1 Å². The summed E-state index contributed by atoms with van der Waals surface area (Å²) in [7, 11) is 0. The van der Waals surface area contributed by atoms with Crippen LogP contribution in [0.15, 0.2) is 53.3 Å². The maximum absolute atomic E-state index is 12.3. The van der Waals surface area contributed by atoms with Gasteiger partial charge in [-0.3, -0.25) is 4.79 Å². The van der Waals surface area contributed by atoms with Crippen molar-refractivity contribution in [1.82, 2.24) is 4.98 Å². The number of aromatic nitrogens is 1. The van der Waals surface area contributed by atoms with Crippen molar-refractivity contribution >= 4 is 51.3 Å². The third-order valence-corrected chi connectivity index (χ3v) is 4.06. The average molecular weight is 436 g/mol. The van der Waals surface area contributed by atoms with Crippen LogP contribution < -0.4 is 5.32 Å². The second-order valence-corrected chi connectivity index (χ2v) is 6.29. The van der Waals surface area contributed by atoms with Crippen LogP contribution in [0.4, 0.5) is 5.69 Å². The fraction of sp³-hybridized carbons (Fsp3) is 0.118. The van der Waals surface area contributed by atoms with E-state index in [1.165, 1.54) is 13.3 Å². The van der Waals surface area contributed by atoms with Crippen molar-refractivity contribution in [3.8, 4) is 0 Å². The van der Waals surface area contributed by atoms with Crippen LogP contribution in [0.1, 0.15) is 17.3 Å². The molecule has 0 saturated heterocycles. The van der Waals surface area contributed by atoms with E-state index < -0.39 is 18.0 Å². The normalized spacial score (nSPS) is 11.9. The van der Waals surface area contributed by atoms with E-state index in [-0.39, 0.29) is 5.56 Å². The van der Waals surface area contributed by atoms with Gasteiger partial charge < -0.3 is 14.5 Å². The summed E-state index contributed by atoms with van der Waals surface area (Å²) in [6.45, 7) is 1.52. The second-order valence-electron chi connectivity index (χ2n) is 5.05. The summed E-state index contributed by atoms with van der Waals surface area (Å²) in [5.74, 6) is -1.03. The highest BCUT2D eigenvalue weighted by atomic mass is 127. The van der Waals surface area contributed by atoms with Gasteiger partial charge in [0.05, 0.1) is 5.56 Å². The number of halogens is 1. The maximum Gasteiger partial charge on any atom is 0.341 e. The van der Waals surface area contributed by atoms with Gasteiger partial charge in [0.2, 0.25) is 0 Å². The number of carbonyl (C=O) groups excluding carboxylic acids is 2. The van der Waals surface area contributed by atoms with Gasteiger partial charge in [-0.25, -0.2) is 9.78 Å². The van der Waals surface area contributed by atoms with Crippen molar-refractivity contribution in [3.63, 3.8) is 0 Å². The van der Waals surface area contributed by atoms with E-state index in [1.54, 1.807) is 30.3 Å². The molecule has 0 aliphatic heterocycles. The molecule has 0 radical (unpaired) electrons. The molecule has 2 aromatic carbocycles. The molecule has 0 aliphatic carbocycles. The van der Waals surface area contributed by atoms with E-state index in [4.69, 9.17) is 9.15 Å². The quantitative estimate of drug-likeness (QED) is 0.499. The lowest BCUT2D eigenvalue weighted by Gasteiger charge is -2.13. The van der Waals surface area contributed by atoms with Crippen molar-refractivity contribution in [1.29, 1.82) is 0 Å². The summed E-state index contributed by atoms with van der Waals surface area (Å²) < 4.78 is 11.4. The van der Waals surface area contributed by atoms with Gasteiger partial charge in [-0.2, -0.15) is 0 Å². The average Bonchev–Trinajstić information content (AvgIpc) is 3.05. The van der Waals surface area contributed by atoms with Gasteiger partial charge in [0.25, 0.3) is 5.91 Å². The highest BCUT2D eigenvalue weighted by Gasteiger charge is 2.21. The highest BCUT2D eigenvalue weighted by Crippen LogP contribution is 2.18. The van der Waals surface area contributed by atoms with Crippen LogP contribution in [0.2, 0.25) is 0 Å². The van der Waals surface area contributed by atoms with Crippen molar-refractivity contribution in [2.75, 3.05) is 5.32 Å². The van der Waals surface area contributed by atoms with Gasteiger partial charge in [-0.05, 0) is 65.9 Å². The Bertz CT molecular complexity index is 889. The topological polar surface area (TPSA) is 81.4 Å². The summed E-state index contributed by atoms with van der Waals surface area (Å²) in [5.41, 5.74) is 1.80. The fourth-order valence-electron chi connectivity index (χ4n) is 2.11. The largest absolute Gasteiger partial charge is 0.449 e. The van der Waals surface area contributed by atoms with Gasteiger partial charge in [-0.15, -0.1) is 0 Å². The molecule has 1 atom stereocenters. The van der Waals surface area contributed by atoms with Gasteiger partial charge in [0.15, 0.2) is 18.1 Å². The first-order chi connectivity index (χ1) is 11.5. The van der Waals surface area contributed by atoms with Crippen LogP contribution in [0.25, 0.3) is 11.1 Å². The number of fused-ring (bicyclic) bond motifs is 1. The number of amides is 1. The minimum atomic E-state index is -0.945. The third-order valence-electron chi connectivity index (χ3n) is 3.35. The van der Waals surface area contributed by atoms with Crippen molar-refractivity contribution in [2.24, 2.45) is 0 Å². The SMILES string of the molecule is CC(OC(=O)c1cccc2ocnc12)C(=O)Nc1ccc(I)cc1. The molecule has 3 aromatic rings. The number of rotatable bonds is 4. The molecule has 1 unspecified atom stereocenters. The molecule has 24 heavy (non-hydrogen) atoms. The van der Waals surface area contributed by atoms with E-state index >= 15 is 0 Å². The zero-order valence-corrected chi connectivity index (χ0v) is 14.8. The molecular formula is C17H13IN2O4. The Morgan fingerprint density at radius 3 is 2.71 bits per heavy atom. The number of para-hydroxylation sites is 1. The van der Waals surface area contributed by atoms with Gasteiger partial charge in [0.1, 0.15) is 5.52 Å². The van der Waals surface area contributed by atoms with E-state index in [0.717, 1.165) is 3.57 Å². The van der Waals surface area contributed by atoms with Gasteiger partial charge in [-0.1, -0.05) is 6.07 Å². The van der Waals surface area contributed by atoms with Gasteiger partial charge >= 0.3 is 5.97 Å². The number of hydrogen-bond donors (Lipinski definition) is 1. The van der Waals surface area contributed by atoms with E-state index in [0.29, 0.717) is 16.8 Å². The van der Waals surface area contributed by atoms with Crippen molar-refractivity contribution in [3.05, 3.63) is 58.0 Å². The number of ether oxygens (including phenoxy) is 1. The Hall–Kier alpha value is -2.42. The number of hydrogen-bond acceptors (Lipinski definition) is 5. The molecular weight excluding hydrogens is 423 g/mol. The number of nitrogens with one attached hydrogen (secondary N) is 1. The van der Waals surface area contributed by atoms with Crippen molar-refractivity contribution in [2.45, 2.75) is 13.0 Å². The minimum Gasteiger partial charge on any atom is -0.449 e. The summed E-state index contributed by atoms with van der Waals surface area (Å²) in [6, 6.07) is 12.3. The summed E-state index contributed by atoms with van der Waals surface area (Å²) in [4.78, 5) is 28.4. The highest BCUT2D eigenvalue weighted by molar-refractivity contribution is 14.1. The Kier molecular flexibility index (Phi) is 4.79. The second kappa shape index (κ2) is 7.00. The molecule has 0 fully saturated rings. The Labute approximate surface area is 151 Å². The van der Waals surface area contributed by atoms with Crippen LogP contribution in [-0.2, 0) is 9.53 Å². The molecule has 1 N–H and O–H groups in total. The molecule has 0 bridgehead atoms. The van der Waals surface area contributed by atoms with Crippen molar-refractivity contribution < 1.29 is 18.7 Å². The lowest BCUT2D eigenvalue weighted by Crippen LogP contribution is -2.30. The van der Waals surface area contributed by atoms with E-state index in [9.17, 15) is 9.59 Å². The Morgan fingerprint density at radius 1 is 1.21 bits per heavy atom. The zero-order chi connectivity index (χ0) is 17.1. The fourth-order valence-corrected chi connectivity index (χ4v) is 2.47. The first-order valence-electron chi connectivity index (χ1n) is 7.14. The monoisotopic (exact) mass is 436 g/mol. The lowest BCUT2D eigenvalue weighted by molar-refractivity contribution is -0.123. The first kappa shape index (κ1) is 16.4. The standard InChI is InChI=1S/C17H13IN2O4/c1-10(16(21)20-12-7-5-11(18)6-8-12)24-17(22)13-3-2-4-14-15(13)19-9-23-14/h2-10H,1H3,(H,20,21). The number of esters is 1. The maximum atomic E-state index is 12.3. The predicted molar refractivity (Wildman–Crippen MR) is 96.7 cm³/mol. The molecule has 1 amide bonds. The number of benzene rings is 2. The van der Waals surface area contributed by atoms with Crippen LogP contribution in [-0.4, -0.2) is 23.0 Å². The Morgan fingerprint density at radius 2 is 1.96 bits per heavy atom. The Balaban J connectivity index is 1.68. The number of oxazole rings is 1. The number of carbonyl (C=O) groups is 2. The summed E-state index contributed by atoms with van der Waals surface area (Å²) in [5, 5.41) is 2.70. The van der Waals surface area contributed by atoms with Gasteiger partial charge in [0, 0.05) is 9.26 Å². The zero-order valence-electron chi connectivity index (χ0n) is 12.7. The molecule has 122 valence electrons. The van der Waals surface area contributed by atoms with Crippen LogP contribution >= 0.6 is 22.6 Å². The summed E-state index contributed by atoms with van der Waals surface area (Å²) in [6.07, 6.45) is 0.313. The minimum absolute atomic E-state index is 0.259.